The predicted molar refractivity (Wildman–Crippen MR) is 56.3 cm³/mol. The zero-order chi connectivity index (χ0) is 10.4. The highest BCUT2D eigenvalue weighted by atomic mass is 35.5. The van der Waals surface area contributed by atoms with E-state index >= 15 is 0 Å². The smallest absolute Gasteiger partial charge is 0.221 e. The van der Waals surface area contributed by atoms with Crippen molar-refractivity contribution in [1.82, 2.24) is 5.32 Å². The fraction of sp³-hybridized carbons (Fsp3) is 0.900. The molecule has 2 atom stereocenters. The molecule has 1 aliphatic rings. The van der Waals surface area contributed by atoms with E-state index in [1.165, 1.54) is 0 Å². The fourth-order valence-electron chi connectivity index (χ4n) is 1.85. The average molecular weight is 220 g/mol. The molecule has 0 aromatic carbocycles. The molecule has 1 aliphatic carbocycles. The maximum absolute atomic E-state index is 11.1. The molecule has 1 saturated carbocycles. The van der Waals surface area contributed by atoms with Gasteiger partial charge in [0.25, 0.3) is 0 Å². The van der Waals surface area contributed by atoms with Crippen molar-refractivity contribution in [2.45, 2.75) is 38.2 Å². The van der Waals surface area contributed by atoms with Crippen LogP contribution in [0.3, 0.4) is 0 Å². The highest BCUT2D eigenvalue weighted by Crippen LogP contribution is 2.23. The standard InChI is InChI=1S/C10H18ClNO2/c11-6-5-10(14)12-7-8-3-1-2-4-9(8)13/h8-9,13H,1-7H2,(H,12,14)/t8-,9+/m0/s1. The zero-order valence-electron chi connectivity index (χ0n) is 8.34. The molecule has 0 unspecified atom stereocenters. The summed E-state index contributed by atoms with van der Waals surface area (Å²) < 4.78 is 0. The molecule has 0 aromatic rings. The van der Waals surface area contributed by atoms with Gasteiger partial charge in [-0.25, -0.2) is 0 Å². The highest BCUT2D eigenvalue weighted by molar-refractivity contribution is 6.18. The van der Waals surface area contributed by atoms with Gasteiger partial charge in [-0.1, -0.05) is 12.8 Å². The fourth-order valence-corrected chi connectivity index (χ4v) is 2.02. The molecule has 4 heteroatoms. The Kier molecular flexibility index (Phi) is 5.26. The number of rotatable bonds is 4. The van der Waals surface area contributed by atoms with E-state index in [1.807, 2.05) is 0 Å². The van der Waals surface area contributed by atoms with Crippen molar-refractivity contribution in [2.24, 2.45) is 5.92 Å². The van der Waals surface area contributed by atoms with E-state index < -0.39 is 0 Å². The third-order valence-electron chi connectivity index (χ3n) is 2.75. The predicted octanol–water partition coefficient (Wildman–Crippen LogP) is 1.28. The number of carbonyl (C=O) groups is 1. The van der Waals surface area contributed by atoms with Crippen molar-refractivity contribution >= 4 is 17.5 Å². The lowest BCUT2D eigenvalue weighted by molar-refractivity contribution is -0.121. The lowest BCUT2D eigenvalue weighted by Gasteiger charge is -2.27. The first-order chi connectivity index (χ1) is 6.74. The van der Waals surface area contributed by atoms with Crippen LogP contribution in [-0.2, 0) is 4.79 Å². The Morgan fingerprint density at radius 3 is 2.79 bits per heavy atom. The van der Waals surface area contributed by atoms with Crippen molar-refractivity contribution in [3.05, 3.63) is 0 Å². The van der Waals surface area contributed by atoms with Gasteiger partial charge in [-0.2, -0.15) is 0 Å². The molecule has 1 rings (SSSR count). The van der Waals surface area contributed by atoms with Gasteiger partial charge in [0.15, 0.2) is 0 Å². The van der Waals surface area contributed by atoms with E-state index in [1.54, 1.807) is 0 Å². The van der Waals surface area contributed by atoms with Gasteiger partial charge >= 0.3 is 0 Å². The molecule has 0 aromatic heterocycles. The molecule has 82 valence electrons. The molecule has 2 N–H and O–H groups in total. The van der Waals surface area contributed by atoms with E-state index in [-0.39, 0.29) is 17.9 Å². The second kappa shape index (κ2) is 6.25. The molecule has 0 aliphatic heterocycles. The zero-order valence-corrected chi connectivity index (χ0v) is 9.09. The van der Waals surface area contributed by atoms with Crippen LogP contribution in [-0.4, -0.2) is 29.5 Å². The third kappa shape index (κ3) is 3.84. The number of halogens is 1. The van der Waals surface area contributed by atoms with Crippen molar-refractivity contribution in [2.75, 3.05) is 12.4 Å². The number of alkyl halides is 1. The Hall–Kier alpha value is -0.280. The second-order valence-electron chi connectivity index (χ2n) is 3.85. The first kappa shape index (κ1) is 11.8. The molecule has 1 amide bonds. The molecular formula is C10H18ClNO2. The molecular weight excluding hydrogens is 202 g/mol. The average Bonchev–Trinajstić information content (AvgIpc) is 2.17. The quantitative estimate of drug-likeness (QED) is 0.700. The van der Waals surface area contributed by atoms with Crippen LogP contribution < -0.4 is 5.32 Å². The molecule has 0 saturated heterocycles. The van der Waals surface area contributed by atoms with Crippen LogP contribution in [0.15, 0.2) is 0 Å². The monoisotopic (exact) mass is 219 g/mol. The van der Waals surface area contributed by atoms with E-state index in [2.05, 4.69) is 5.32 Å². The van der Waals surface area contributed by atoms with Gasteiger partial charge < -0.3 is 10.4 Å². The molecule has 3 nitrogen and oxygen atoms in total. The van der Waals surface area contributed by atoms with Crippen LogP contribution in [0.25, 0.3) is 0 Å². The van der Waals surface area contributed by atoms with Crippen LogP contribution >= 0.6 is 11.6 Å². The van der Waals surface area contributed by atoms with Crippen molar-refractivity contribution in [1.29, 1.82) is 0 Å². The first-order valence-corrected chi connectivity index (χ1v) is 5.78. The normalized spacial score (nSPS) is 27.3. The maximum atomic E-state index is 11.1. The van der Waals surface area contributed by atoms with Crippen LogP contribution in [0.5, 0.6) is 0 Å². The molecule has 1 fully saturated rings. The SMILES string of the molecule is O=C(CCCl)NC[C@@H]1CCCC[C@H]1O. The minimum Gasteiger partial charge on any atom is -0.393 e. The van der Waals surface area contributed by atoms with Crippen molar-refractivity contribution in [3.8, 4) is 0 Å². The summed E-state index contributed by atoms with van der Waals surface area (Å²) in [4.78, 5) is 11.1. The Morgan fingerprint density at radius 1 is 1.43 bits per heavy atom. The van der Waals surface area contributed by atoms with Crippen molar-refractivity contribution in [3.63, 3.8) is 0 Å². The summed E-state index contributed by atoms with van der Waals surface area (Å²) in [6.45, 7) is 0.594. The first-order valence-electron chi connectivity index (χ1n) is 5.24. The highest BCUT2D eigenvalue weighted by Gasteiger charge is 2.22. The van der Waals surface area contributed by atoms with Gasteiger partial charge in [-0.05, 0) is 12.8 Å². The van der Waals surface area contributed by atoms with E-state index in [9.17, 15) is 9.90 Å². The minimum atomic E-state index is -0.236. The number of hydrogen-bond donors (Lipinski definition) is 2. The summed E-state index contributed by atoms with van der Waals surface area (Å²) in [5, 5.41) is 12.4. The number of aliphatic hydroxyl groups excluding tert-OH is 1. The van der Waals surface area contributed by atoms with Gasteiger partial charge in [0.2, 0.25) is 5.91 Å². The summed E-state index contributed by atoms with van der Waals surface area (Å²) in [5.41, 5.74) is 0. The van der Waals surface area contributed by atoms with E-state index in [0.717, 1.165) is 25.7 Å². The topological polar surface area (TPSA) is 49.3 Å². The summed E-state index contributed by atoms with van der Waals surface area (Å²) >= 11 is 5.44. The molecule has 14 heavy (non-hydrogen) atoms. The van der Waals surface area contributed by atoms with Gasteiger partial charge in [0, 0.05) is 24.8 Å². The Labute approximate surface area is 89.8 Å². The van der Waals surface area contributed by atoms with Gasteiger partial charge in [0.05, 0.1) is 6.10 Å². The Morgan fingerprint density at radius 2 is 2.14 bits per heavy atom. The molecule has 0 heterocycles. The molecule has 0 radical (unpaired) electrons. The van der Waals surface area contributed by atoms with Crippen LogP contribution in [0.1, 0.15) is 32.1 Å². The van der Waals surface area contributed by atoms with E-state index in [4.69, 9.17) is 11.6 Å². The van der Waals surface area contributed by atoms with Crippen molar-refractivity contribution < 1.29 is 9.90 Å². The van der Waals surface area contributed by atoms with Gasteiger partial charge in [-0.3, -0.25) is 4.79 Å². The largest absolute Gasteiger partial charge is 0.393 e. The van der Waals surface area contributed by atoms with Gasteiger partial charge in [0.1, 0.15) is 0 Å². The second-order valence-corrected chi connectivity index (χ2v) is 4.23. The molecule has 0 spiro atoms. The summed E-state index contributed by atoms with van der Waals surface area (Å²) in [6.07, 6.45) is 4.28. The van der Waals surface area contributed by atoms with Crippen LogP contribution in [0, 0.1) is 5.92 Å². The Bertz CT molecular complexity index is 187. The number of nitrogens with one attached hydrogen (secondary N) is 1. The lowest BCUT2D eigenvalue weighted by atomic mass is 9.86. The van der Waals surface area contributed by atoms with Crippen LogP contribution in [0.4, 0.5) is 0 Å². The number of hydrogen-bond acceptors (Lipinski definition) is 2. The Balaban J connectivity index is 2.19. The number of carbonyl (C=O) groups excluding carboxylic acids is 1. The van der Waals surface area contributed by atoms with Gasteiger partial charge in [-0.15, -0.1) is 11.6 Å². The lowest BCUT2D eigenvalue weighted by Crippen LogP contribution is -2.36. The minimum absolute atomic E-state index is 0.0160. The van der Waals surface area contributed by atoms with E-state index in [0.29, 0.717) is 18.8 Å². The number of aliphatic hydroxyl groups is 1. The summed E-state index contributed by atoms with van der Waals surface area (Å²) in [5.74, 6) is 0.583. The van der Waals surface area contributed by atoms with Crippen LogP contribution in [0.2, 0.25) is 0 Å². The third-order valence-corrected chi connectivity index (χ3v) is 2.94. The summed E-state index contributed by atoms with van der Waals surface area (Å²) in [7, 11) is 0. The molecule has 0 bridgehead atoms. The summed E-state index contributed by atoms with van der Waals surface area (Å²) in [6, 6.07) is 0. The number of amides is 1. The maximum Gasteiger partial charge on any atom is 0.221 e.